The first-order valence-corrected chi connectivity index (χ1v) is 16.7. The number of aromatic nitrogens is 4. The number of hydrogen-bond donors (Lipinski definition) is 1. The number of ether oxygens (including phenoxy) is 3. The van der Waals surface area contributed by atoms with E-state index in [2.05, 4.69) is 10.1 Å². The molecular formula is C34H37ClN6O5S. The number of imidazole rings is 1. The number of piperidine rings is 1. The molecule has 4 heterocycles. The van der Waals surface area contributed by atoms with Crippen LogP contribution in [0, 0.1) is 5.92 Å². The number of aryl methyl sites for hydroxylation is 1. The van der Waals surface area contributed by atoms with Crippen molar-refractivity contribution in [2.75, 3.05) is 19.7 Å². The third kappa shape index (κ3) is 7.08. The number of nitrogens with two attached hydrogens (primary N) is 1. The number of benzene rings is 2. The molecule has 1 fully saturated rings. The maximum Gasteiger partial charge on any atom is 0.409 e. The monoisotopic (exact) mass is 676 g/mol. The summed E-state index contributed by atoms with van der Waals surface area (Å²) >= 11 is 8.09. The highest BCUT2D eigenvalue weighted by Crippen LogP contribution is 2.39. The Bertz CT molecular complexity index is 1910. The predicted octanol–water partition coefficient (Wildman–Crippen LogP) is 7.02. The second-order valence-electron chi connectivity index (χ2n) is 12.1. The summed E-state index contributed by atoms with van der Waals surface area (Å²) in [5.41, 5.74) is 10.2. The minimum absolute atomic E-state index is 0.0977. The first-order valence-electron chi connectivity index (χ1n) is 15.5. The zero-order valence-corrected chi connectivity index (χ0v) is 28.3. The summed E-state index contributed by atoms with van der Waals surface area (Å²) in [6.07, 6.45) is 5.91. The molecule has 0 saturated carbocycles. The molecule has 47 heavy (non-hydrogen) atoms. The van der Waals surface area contributed by atoms with E-state index in [-0.39, 0.29) is 18.1 Å². The molecule has 6 rings (SSSR count). The van der Waals surface area contributed by atoms with Crippen LogP contribution in [0.5, 0.6) is 11.5 Å². The molecule has 2 aromatic carbocycles. The zero-order chi connectivity index (χ0) is 33.2. The summed E-state index contributed by atoms with van der Waals surface area (Å²) < 4.78 is 21.7. The number of halogens is 1. The molecule has 1 aliphatic heterocycles. The fourth-order valence-corrected chi connectivity index (χ4v) is 6.78. The normalized spacial score (nSPS) is 14.5. The second-order valence-corrected chi connectivity index (χ2v) is 13.5. The lowest BCUT2D eigenvalue weighted by Gasteiger charge is -2.32. The molecular weight excluding hydrogens is 640 g/mol. The first kappa shape index (κ1) is 32.4. The Labute approximate surface area is 281 Å². The number of rotatable bonds is 10. The molecule has 246 valence electrons. The van der Waals surface area contributed by atoms with Crippen LogP contribution in [-0.4, -0.2) is 62.0 Å². The van der Waals surface area contributed by atoms with Gasteiger partial charge in [-0.1, -0.05) is 43.6 Å². The summed E-state index contributed by atoms with van der Waals surface area (Å²) in [4.78, 5) is 31.5. The standard InChI is InChI=1S/C34H37ClN6O5S/c1-20(2)18-44-34(43)40-12-10-24(11-13-40)46-28-7-5-6-25(31(28)35)21(3)45-29-15-30(47-32(29)33(36)42)41-19-37-26-14-22(8-9-27(26)41)23-16-38-39(4)17-23/h5-9,14-17,19-21,24H,10-13,18H2,1-4H3,(H2,36,42)/t21-/m1/s1. The molecule has 5 aromatic rings. The molecule has 2 N–H and O–H groups in total. The molecule has 1 aliphatic rings. The van der Waals surface area contributed by atoms with Gasteiger partial charge in [0.2, 0.25) is 0 Å². The van der Waals surface area contributed by atoms with Gasteiger partial charge in [-0.15, -0.1) is 11.3 Å². The van der Waals surface area contributed by atoms with Crippen molar-refractivity contribution in [3.8, 4) is 27.6 Å². The van der Waals surface area contributed by atoms with Crippen molar-refractivity contribution in [3.63, 3.8) is 0 Å². The number of fused-ring (bicyclic) bond motifs is 1. The highest BCUT2D eigenvalue weighted by molar-refractivity contribution is 7.16. The zero-order valence-electron chi connectivity index (χ0n) is 26.7. The second kappa shape index (κ2) is 13.7. The summed E-state index contributed by atoms with van der Waals surface area (Å²) in [6, 6.07) is 13.4. The first-order chi connectivity index (χ1) is 22.6. The summed E-state index contributed by atoms with van der Waals surface area (Å²) in [6.45, 7) is 7.38. The topological polar surface area (TPSA) is 127 Å². The molecule has 0 radical (unpaired) electrons. The Morgan fingerprint density at radius 3 is 2.57 bits per heavy atom. The average Bonchev–Trinajstić information content (AvgIpc) is 3.79. The van der Waals surface area contributed by atoms with Gasteiger partial charge in [-0.05, 0) is 36.6 Å². The van der Waals surface area contributed by atoms with Crippen LogP contribution in [0.4, 0.5) is 4.79 Å². The molecule has 0 unspecified atom stereocenters. The Kier molecular flexibility index (Phi) is 9.42. The Hall–Kier alpha value is -4.55. The van der Waals surface area contributed by atoms with Gasteiger partial charge in [0.25, 0.3) is 5.91 Å². The van der Waals surface area contributed by atoms with E-state index in [0.29, 0.717) is 59.5 Å². The molecule has 1 atom stereocenters. The molecule has 0 spiro atoms. The van der Waals surface area contributed by atoms with Crippen LogP contribution in [0.2, 0.25) is 5.02 Å². The number of carbonyl (C=O) groups excluding carboxylic acids is 2. The van der Waals surface area contributed by atoms with E-state index in [1.165, 1.54) is 11.3 Å². The van der Waals surface area contributed by atoms with E-state index >= 15 is 0 Å². The average molecular weight is 677 g/mol. The van der Waals surface area contributed by atoms with Crippen LogP contribution in [-0.2, 0) is 11.8 Å². The van der Waals surface area contributed by atoms with E-state index in [4.69, 9.17) is 31.5 Å². The van der Waals surface area contributed by atoms with Gasteiger partial charge in [0.05, 0.1) is 28.9 Å². The molecule has 0 aliphatic carbocycles. The number of hydrogen-bond acceptors (Lipinski definition) is 8. The Morgan fingerprint density at radius 2 is 1.87 bits per heavy atom. The minimum atomic E-state index is -0.589. The van der Waals surface area contributed by atoms with Gasteiger partial charge in [0, 0.05) is 56.4 Å². The van der Waals surface area contributed by atoms with Gasteiger partial charge in [0.1, 0.15) is 39.9 Å². The molecule has 0 bridgehead atoms. The maximum absolute atomic E-state index is 12.5. The SMILES string of the molecule is CC(C)COC(=O)N1CCC(Oc2cccc([C@@H](C)Oc3cc(-n4cnc5cc(-c6cnn(C)c6)ccc54)sc3C(N)=O)c2Cl)CC1. The fourth-order valence-electron chi connectivity index (χ4n) is 5.53. The van der Waals surface area contributed by atoms with Crippen LogP contribution in [0.1, 0.15) is 55.0 Å². The van der Waals surface area contributed by atoms with Crippen LogP contribution in [0.25, 0.3) is 27.2 Å². The minimum Gasteiger partial charge on any atom is -0.489 e. The number of likely N-dealkylation sites (tertiary alicyclic amines) is 1. The highest BCUT2D eigenvalue weighted by Gasteiger charge is 2.27. The number of thiophene rings is 1. The third-order valence-electron chi connectivity index (χ3n) is 8.00. The van der Waals surface area contributed by atoms with Crippen LogP contribution < -0.4 is 15.2 Å². The number of carbonyl (C=O) groups is 2. The van der Waals surface area contributed by atoms with Crippen LogP contribution in [0.15, 0.2) is 61.2 Å². The third-order valence-corrected chi connectivity index (χ3v) is 9.54. The van der Waals surface area contributed by atoms with Gasteiger partial charge in [-0.25, -0.2) is 9.78 Å². The summed E-state index contributed by atoms with van der Waals surface area (Å²) in [5.74, 6) is 0.596. The van der Waals surface area contributed by atoms with Gasteiger partial charge in [-0.3, -0.25) is 14.0 Å². The molecule has 1 saturated heterocycles. The van der Waals surface area contributed by atoms with Crippen LogP contribution >= 0.6 is 22.9 Å². The van der Waals surface area contributed by atoms with Crippen LogP contribution in [0.3, 0.4) is 0 Å². The van der Waals surface area contributed by atoms with E-state index in [9.17, 15) is 9.59 Å². The van der Waals surface area contributed by atoms with E-state index in [0.717, 1.165) is 27.2 Å². The largest absolute Gasteiger partial charge is 0.489 e. The Morgan fingerprint density at radius 1 is 1.09 bits per heavy atom. The van der Waals surface area contributed by atoms with E-state index < -0.39 is 12.0 Å². The molecule has 3 aromatic heterocycles. The van der Waals surface area contributed by atoms with Gasteiger partial charge < -0.3 is 24.8 Å². The highest BCUT2D eigenvalue weighted by atomic mass is 35.5. The lowest BCUT2D eigenvalue weighted by atomic mass is 10.1. The predicted molar refractivity (Wildman–Crippen MR) is 182 cm³/mol. The lowest BCUT2D eigenvalue weighted by molar-refractivity contribution is 0.0617. The van der Waals surface area contributed by atoms with E-state index in [1.54, 1.807) is 22.0 Å². The summed E-state index contributed by atoms with van der Waals surface area (Å²) in [7, 11) is 1.88. The number of amides is 2. The van der Waals surface area contributed by atoms with Crippen molar-refractivity contribution in [1.29, 1.82) is 0 Å². The van der Waals surface area contributed by atoms with Crippen molar-refractivity contribution >= 4 is 46.0 Å². The Balaban J connectivity index is 1.16. The van der Waals surface area contributed by atoms with E-state index in [1.807, 2.05) is 81.2 Å². The molecule has 13 heteroatoms. The summed E-state index contributed by atoms with van der Waals surface area (Å²) in [5, 5.41) is 5.42. The van der Waals surface area contributed by atoms with Crippen molar-refractivity contribution < 1.29 is 23.8 Å². The van der Waals surface area contributed by atoms with Crippen molar-refractivity contribution in [3.05, 3.63) is 76.6 Å². The van der Waals surface area contributed by atoms with Gasteiger partial charge >= 0.3 is 6.09 Å². The van der Waals surface area contributed by atoms with Crippen molar-refractivity contribution in [1.82, 2.24) is 24.2 Å². The molecule has 11 nitrogen and oxygen atoms in total. The molecule has 2 amide bonds. The van der Waals surface area contributed by atoms with Gasteiger partial charge in [-0.2, -0.15) is 5.10 Å². The smallest absolute Gasteiger partial charge is 0.409 e. The van der Waals surface area contributed by atoms with Gasteiger partial charge in [0.15, 0.2) is 0 Å². The van der Waals surface area contributed by atoms with Crippen molar-refractivity contribution in [2.24, 2.45) is 18.7 Å². The number of nitrogens with zero attached hydrogens (tertiary/aromatic N) is 5. The lowest BCUT2D eigenvalue weighted by Crippen LogP contribution is -2.42. The maximum atomic E-state index is 12.5. The number of primary amides is 1. The van der Waals surface area contributed by atoms with Crippen molar-refractivity contribution in [2.45, 2.75) is 45.8 Å². The fraction of sp³-hybridized carbons (Fsp3) is 0.353. The quantitative estimate of drug-likeness (QED) is 0.169.